The molecule has 0 aromatic carbocycles. The first-order valence-corrected chi connectivity index (χ1v) is 3.74. The van der Waals surface area contributed by atoms with Crippen LogP contribution < -0.4 is 0 Å². The summed E-state index contributed by atoms with van der Waals surface area (Å²) in [6, 6.07) is 0. The highest BCUT2D eigenvalue weighted by Gasteiger charge is 2.43. The van der Waals surface area contributed by atoms with Gasteiger partial charge >= 0.3 is 0 Å². The van der Waals surface area contributed by atoms with Crippen LogP contribution in [0.25, 0.3) is 0 Å². The van der Waals surface area contributed by atoms with Crippen LogP contribution in [0, 0.1) is 11.5 Å². The van der Waals surface area contributed by atoms with Crippen LogP contribution in [0.4, 0.5) is 0 Å². The summed E-state index contributed by atoms with van der Waals surface area (Å²) < 4.78 is 0. The molecule has 1 heterocycles. The molecule has 2 heteroatoms. The van der Waals surface area contributed by atoms with Gasteiger partial charge in [0.15, 0.2) is 6.10 Å². The lowest BCUT2D eigenvalue weighted by molar-refractivity contribution is -0.431. The van der Waals surface area contributed by atoms with Crippen molar-refractivity contribution in [2.24, 2.45) is 5.41 Å². The van der Waals surface area contributed by atoms with E-state index in [1.165, 1.54) is 0 Å². The lowest BCUT2D eigenvalue weighted by Crippen LogP contribution is -2.44. The van der Waals surface area contributed by atoms with E-state index in [1.54, 1.807) is 0 Å². The van der Waals surface area contributed by atoms with Crippen molar-refractivity contribution in [1.82, 2.24) is 0 Å². The molecule has 1 saturated heterocycles. The Kier molecular flexibility index (Phi) is 2.02. The van der Waals surface area contributed by atoms with Crippen molar-refractivity contribution in [3.63, 3.8) is 0 Å². The average Bonchev–Trinajstić information content (AvgIpc) is 1.84. The standard InChI is InChI=1S/C8H15O2/c1-5-8(3,4)7-6(2)9-10-7/h7H,5H2,1-4H3. The first kappa shape index (κ1) is 8.02. The second-order valence-electron chi connectivity index (χ2n) is 3.51. The van der Waals surface area contributed by atoms with E-state index in [0.717, 1.165) is 12.5 Å². The molecule has 59 valence electrons. The highest BCUT2D eigenvalue weighted by molar-refractivity contribution is 4.96. The molecule has 1 fully saturated rings. The van der Waals surface area contributed by atoms with Gasteiger partial charge in [-0.2, -0.15) is 0 Å². The van der Waals surface area contributed by atoms with Crippen molar-refractivity contribution in [2.75, 3.05) is 0 Å². The molecule has 1 unspecified atom stereocenters. The summed E-state index contributed by atoms with van der Waals surface area (Å²) in [7, 11) is 0. The summed E-state index contributed by atoms with van der Waals surface area (Å²) in [6.07, 6.45) is 2.32. The third-order valence-corrected chi connectivity index (χ3v) is 2.27. The van der Waals surface area contributed by atoms with Crippen LogP contribution in [-0.4, -0.2) is 6.10 Å². The first-order valence-electron chi connectivity index (χ1n) is 3.74. The predicted molar refractivity (Wildman–Crippen MR) is 38.9 cm³/mol. The SMILES string of the molecule is CCC(C)(C)C1OO[C]1C. The van der Waals surface area contributed by atoms with Gasteiger partial charge in [-0.1, -0.05) is 20.8 Å². The zero-order valence-corrected chi connectivity index (χ0v) is 7.10. The van der Waals surface area contributed by atoms with Crippen LogP contribution in [0.15, 0.2) is 0 Å². The second-order valence-corrected chi connectivity index (χ2v) is 3.51. The monoisotopic (exact) mass is 143 g/mol. The summed E-state index contributed by atoms with van der Waals surface area (Å²) in [5.41, 5.74) is 0.225. The highest BCUT2D eigenvalue weighted by Crippen LogP contribution is 2.39. The summed E-state index contributed by atoms with van der Waals surface area (Å²) >= 11 is 0. The van der Waals surface area contributed by atoms with Gasteiger partial charge in [-0.05, 0) is 18.8 Å². The van der Waals surface area contributed by atoms with Crippen molar-refractivity contribution in [3.05, 3.63) is 6.10 Å². The van der Waals surface area contributed by atoms with Crippen LogP contribution >= 0.6 is 0 Å². The van der Waals surface area contributed by atoms with Crippen molar-refractivity contribution in [3.8, 4) is 0 Å². The minimum Gasteiger partial charge on any atom is -0.229 e. The number of rotatable bonds is 2. The van der Waals surface area contributed by atoms with Gasteiger partial charge in [-0.25, -0.2) is 9.78 Å². The van der Waals surface area contributed by atoms with Crippen LogP contribution in [0.1, 0.15) is 34.1 Å². The normalized spacial score (nSPS) is 28.2. The molecule has 0 amide bonds. The van der Waals surface area contributed by atoms with Crippen molar-refractivity contribution >= 4 is 0 Å². The zero-order valence-electron chi connectivity index (χ0n) is 7.10. The van der Waals surface area contributed by atoms with Crippen molar-refractivity contribution in [1.29, 1.82) is 0 Å². The molecule has 1 aliphatic rings. The van der Waals surface area contributed by atoms with Crippen LogP contribution in [0.3, 0.4) is 0 Å². The van der Waals surface area contributed by atoms with E-state index >= 15 is 0 Å². The molecule has 2 nitrogen and oxygen atoms in total. The lowest BCUT2D eigenvalue weighted by Gasteiger charge is -2.41. The topological polar surface area (TPSA) is 18.5 Å². The Balaban J connectivity index is 2.47. The summed E-state index contributed by atoms with van der Waals surface area (Å²) in [5.74, 6) is 0. The summed E-state index contributed by atoms with van der Waals surface area (Å²) in [5, 5.41) is 0. The molecule has 0 bridgehead atoms. The predicted octanol–water partition coefficient (Wildman–Crippen LogP) is 2.30. The van der Waals surface area contributed by atoms with Crippen LogP contribution in [0.5, 0.6) is 0 Å². The third-order valence-electron chi connectivity index (χ3n) is 2.27. The van der Waals surface area contributed by atoms with E-state index in [1.807, 2.05) is 6.92 Å². The van der Waals surface area contributed by atoms with Crippen LogP contribution in [-0.2, 0) is 9.78 Å². The lowest BCUT2D eigenvalue weighted by atomic mass is 9.81. The average molecular weight is 143 g/mol. The maximum atomic E-state index is 4.96. The Morgan fingerprint density at radius 3 is 2.20 bits per heavy atom. The van der Waals surface area contributed by atoms with Gasteiger partial charge in [0.2, 0.25) is 0 Å². The Bertz CT molecular complexity index is 120. The fraction of sp³-hybridized carbons (Fsp3) is 0.875. The molecule has 1 rings (SSSR count). The minimum absolute atomic E-state index is 0.206. The molecule has 1 radical (unpaired) electrons. The van der Waals surface area contributed by atoms with E-state index in [9.17, 15) is 0 Å². The fourth-order valence-electron chi connectivity index (χ4n) is 1.06. The summed E-state index contributed by atoms with van der Waals surface area (Å²) in [4.78, 5) is 9.71. The fourth-order valence-corrected chi connectivity index (χ4v) is 1.06. The first-order chi connectivity index (χ1) is 4.58. The molecule has 1 aliphatic heterocycles. The van der Waals surface area contributed by atoms with Gasteiger partial charge in [0.1, 0.15) is 6.10 Å². The van der Waals surface area contributed by atoms with E-state index in [0.29, 0.717) is 0 Å². The van der Waals surface area contributed by atoms with E-state index in [4.69, 9.17) is 9.78 Å². The van der Waals surface area contributed by atoms with Gasteiger partial charge in [0.05, 0.1) is 0 Å². The molecule has 10 heavy (non-hydrogen) atoms. The number of hydrogen-bond acceptors (Lipinski definition) is 2. The molecule has 0 aromatic heterocycles. The Morgan fingerprint density at radius 2 is 2.10 bits per heavy atom. The molecular weight excluding hydrogens is 128 g/mol. The number of hydrogen-bond donors (Lipinski definition) is 0. The Hall–Kier alpha value is -0.0800. The highest BCUT2D eigenvalue weighted by atomic mass is 17.2. The van der Waals surface area contributed by atoms with Crippen molar-refractivity contribution < 1.29 is 9.78 Å². The van der Waals surface area contributed by atoms with E-state index in [2.05, 4.69) is 20.8 Å². The van der Waals surface area contributed by atoms with E-state index in [-0.39, 0.29) is 11.5 Å². The minimum atomic E-state index is 0.206. The molecular formula is C8H15O2. The zero-order chi connectivity index (χ0) is 7.78. The van der Waals surface area contributed by atoms with E-state index < -0.39 is 0 Å². The largest absolute Gasteiger partial charge is 0.229 e. The molecule has 0 N–H and O–H groups in total. The molecule has 0 spiro atoms. The molecule has 0 aliphatic carbocycles. The van der Waals surface area contributed by atoms with Gasteiger partial charge < -0.3 is 0 Å². The molecule has 0 saturated carbocycles. The van der Waals surface area contributed by atoms with Gasteiger partial charge in [0, 0.05) is 0 Å². The van der Waals surface area contributed by atoms with Gasteiger partial charge in [-0.3, -0.25) is 0 Å². The maximum absolute atomic E-state index is 4.96. The third kappa shape index (κ3) is 1.18. The smallest absolute Gasteiger partial charge is 0.165 e. The summed E-state index contributed by atoms with van der Waals surface area (Å²) in [6.45, 7) is 8.49. The quantitative estimate of drug-likeness (QED) is 0.552. The maximum Gasteiger partial charge on any atom is 0.165 e. The van der Waals surface area contributed by atoms with Crippen LogP contribution in [0.2, 0.25) is 0 Å². The van der Waals surface area contributed by atoms with Gasteiger partial charge in [-0.15, -0.1) is 0 Å². The Labute approximate surface area is 62.4 Å². The molecule has 0 aromatic rings. The second kappa shape index (κ2) is 2.51. The Morgan fingerprint density at radius 1 is 1.50 bits per heavy atom. The molecule has 1 atom stereocenters. The van der Waals surface area contributed by atoms with Crippen molar-refractivity contribution in [2.45, 2.75) is 40.2 Å². The van der Waals surface area contributed by atoms with Gasteiger partial charge in [0.25, 0.3) is 0 Å².